The molecule has 2 aliphatic rings. The minimum Gasteiger partial charge on any atom is -0.324 e. The number of fused-ring (bicyclic) bond motifs is 20. The predicted molar refractivity (Wildman–Crippen MR) is 306 cm³/mol. The molecule has 0 unspecified atom stereocenters. The highest BCUT2D eigenvalue weighted by Crippen LogP contribution is 2.48. The van der Waals surface area contributed by atoms with Crippen molar-refractivity contribution in [3.05, 3.63) is 93.0 Å². The van der Waals surface area contributed by atoms with E-state index in [0.717, 1.165) is 55.1 Å². The van der Waals surface area contributed by atoms with Gasteiger partial charge in [-0.25, -0.2) is 29.9 Å². The molecule has 8 heteroatoms. The summed E-state index contributed by atoms with van der Waals surface area (Å²) in [4.78, 5) is 41.7. The maximum Gasteiger partial charge on any atom is 0.165 e. The van der Waals surface area contributed by atoms with E-state index in [9.17, 15) is 0 Å². The molecule has 4 aromatic carbocycles. The number of nitrogens with one attached hydrogen (secondary N) is 2. The third-order valence-electron chi connectivity index (χ3n) is 14.9. The lowest BCUT2D eigenvalue weighted by Crippen LogP contribution is -2.18. The molecule has 9 rings (SSSR count). The Kier molecular flexibility index (Phi) is 11.3. The normalized spacial score (nSPS) is 14.1. The summed E-state index contributed by atoms with van der Waals surface area (Å²) in [7, 11) is 0. The van der Waals surface area contributed by atoms with Crippen LogP contribution < -0.4 is 0 Å². The molecular weight excluding hydrogens is 881 g/mol. The molecule has 2 aliphatic heterocycles. The van der Waals surface area contributed by atoms with Crippen molar-refractivity contribution in [1.29, 1.82) is 0 Å². The Morgan fingerprint density at radius 1 is 0.264 bits per heavy atom. The zero-order chi connectivity index (χ0) is 53.2. The van der Waals surface area contributed by atoms with E-state index >= 15 is 0 Å². The second-order valence-electron chi connectivity index (χ2n) is 29.4. The van der Waals surface area contributed by atoms with Crippen molar-refractivity contribution < 1.29 is 0 Å². The molecule has 3 aromatic heterocycles. The number of aromatic nitrogens is 8. The summed E-state index contributed by atoms with van der Waals surface area (Å²) in [5, 5.41) is 4.08. The van der Waals surface area contributed by atoms with Crippen molar-refractivity contribution in [2.75, 3.05) is 0 Å². The maximum absolute atomic E-state index is 5.74. The van der Waals surface area contributed by atoms with Crippen LogP contribution in [0.3, 0.4) is 0 Å². The van der Waals surface area contributed by atoms with E-state index in [-0.39, 0.29) is 43.3 Å². The van der Waals surface area contributed by atoms with E-state index < -0.39 is 0 Å². The quantitative estimate of drug-likeness (QED) is 0.157. The van der Waals surface area contributed by atoms with E-state index in [1.807, 2.05) is 0 Å². The zero-order valence-electron chi connectivity index (χ0n) is 48.3. The van der Waals surface area contributed by atoms with Gasteiger partial charge in [-0.1, -0.05) is 190 Å². The highest BCUT2D eigenvalue weighted by molar-refractivity contribution is 6.09. The second kappa shape index (κ2) is 15.9. The lowest BCUT2D eigenvalue weighted by molar-refractivity contribution is 0.569. The van der Waals surface area contributed by atoms with Gasteiger partial charge in [0.1, 0.15) is 22.6 Å². The Bertz CT molecular complexity index is 3580. The second-order valence-corrected chi connectivity index (χ2v) is 29.4. The molecule has 5 heterocycles. The lowest BCUT2D eigenvalue weighted by Gasteiger charge is -2.27. The first-order chi connectivity index (χ1) is 32.7. The van der Waals surface area contributed by atoms with Crippen LogP contribution in [-0.4, -0.2) is 39.9 Å². The summed E-state index contributed by atoms with van der Waals surface area (Å²) < 4.78 is 0. The van der Waals surface area contributed by atoms with Gasteiger partial charge in [0.2, 0.25) is 0 Å². The highest BCUT2D eigenvalue weighted by atomic mass is 15.1. The molecule has 0 amide bonds. The number of nitrogens with zero attached hydrogens (tertiary/aromatic N) is 6. The van der Waals surface area contributed by atoms with Crippen LogP contribution in [0.1, 0.15) is 211 Å². The van der Waals surface area contributed by atoms with Crippen molar-refractivity contribution in [3.8, 4) is 45.6 Å². The molecule has 0 radical (unpaired) electrons. The summed E-state index contributed by atoms with van der Waals surface area (Å²) in [6.07, 6.45) is 0. The largest absolute Gasteiger partial charge is 0.324 e. The van der Waals surface area contributed by atoms with Crippen LogP contribution in [0.15, 0.2) is 48.5 Å². The van der Waals surface area contributed by atoms with Gasteiger partial charge in [-0.05, 0) is 112 Å². The van der Waals surface area contributed by atoms with Gasteiger partial charge < -0.3 is 9.97 Å². The van der Waals surface area contributed by atoms with Crippen LogP contribution in [0.5, 0.6) is 0 Å². The van der Waals surface area contributed by atoms with Crippen molar-refractivity contribution in [2.45, 2.75) is 209 Å². The van der Waals surface area contributed by atoms with Crippen molar-refractivity contribution >= 4 is 44.1 Å². The minimum absolute atomic E-state index is 0.139. The molecule has 0 aliphatic carbocycles. The lowest BCUT2D eigenvalue weighted by atomic mass is 9.77. The number of H-pyrrole nitrogens is 2. The summed E-state index contributed by atoms with van der Waals surface area (Å²) in [6, 6.07) is 18.8. The Morgan fingerprint density at radius 3 is 0.833 bits per heavy atom. The van der Waals surface area contributed by atoms with Crippen LogP contribution >= 0.6 is 0 Å². The molecule has 0 saturated heterocycles. The number of hydrogen-bond acceptors (Lipinski definition) is 6. The zero-order valence-corrected chi connectivity index (χ0v) is 48.3. The molecule has 72 heavy (non-hydrogen) atoms. The van der Waals surface area contributed by atoms with Crippen LogP contribution in [0.25, 0.3) is 89.7 Å². The molecular formula is C64H82N8. The Morgan fingerprint density at radius 2 is 0.528 bits per heavy atom. The SMILES string of the molecule is CC(C)(C)c1cc2c(c(C(C)(C)C)c1)-c1nc-2nc2[nH]c(nc3nc(nc4[nH]c(n1)c1cc(C(C)(C)C)cc(C(C)(C)C)c41)-c1c-3cc(C(C)(C)C)cc1C(C)(C)C)c1cc(C(C)(C)C)cc(C(C)(C)C)c21. The van der Waals surface area contributed by atoms with Gasteiger partial charge in [-0.15, -0.1) is 0 Å². The third-order valence-corrected chi connectivity index (χ3v) is 14.9. The molecule has 0 atom stereocenters. The molecule has 8 nitrogen and oxygen atoms in total. The van der Waals surface area contributed by atoms with E-state index in [1.165, 1.54) is 44.5 Å². The molecule has 378 valence electrons. The number of rotatable bonds is 0. The van der Waals surface area contributed by atoms with Gasteiger partial charge in [0.15, 0.2) is 23.3 Å². The first-order valence-corrected chi connectivity index (χ1v) is 26.3. The average Bonchev–Trinajstić information content (AvgIpc) is 3.95. The highest BCUT2D eigenvalue weighted by Gasteiger charge is 2.35. The van der Waals surface area contributed by atoms with Crippen LogP contribution in [0.4, 0.5) is 0 Å². The monoisotopic (exact) mass is 963 g/mol. The van der Waals surface area contributed by atoms with Gasteiger partial charge in [0.25, 0.3) is 0 Å². The maximum atomic E-state index is 5.74. The fourth-order valence-corrected chi connectivity index (χ4v) is 10.4. The average molecular weight is 963 g/mol. The smallest absolute Gasteiger partial charge is 0.165 e. The fraction of sp³-hybridized carbons (Fsp3) is 0.500. The Balaban J connectivity index is 1.62. The third kappa shape index (κ3) is 8.86. The van der Waals surface area contributed by atoms with Gasteiger partial charge in [0.05, 0.1) is 0 Å². The van der Waals surface area contributed by atoms with Crippen molar-refractivity contribution in [2.24, 2.45) is 0 Å². The molecule has 0 saturated carbocycles. The molecule has 2 N–H and O–H groups in total. The van der Waals surface area contributed by atoms with Gasteiger partial charge in [0, 0.05) is 43.8 Å². The number of hydrogen-bond donors (Lipinski definition) is 2. The van der Waals surface area contributed by atoms with Crippen molar-refractivity contribution in [3.63, 3.8) is 0 Å². The molecule has 0 spiro atoms. The Hall–Kier alpha value is -5.76. The first kappa shape index (κ1) is 51.2. The fourth-order valence-electron chi connectivity index (χ4n) is 10.4. The van der Waals surface area contributed by atoms with E-state index in [0.29, 0.717) is 34.6 Å². The van der Waals surface area contributed by atoms with Crippen LogP contribution in [-0.2, 0) is 43.3 Å². The van der Waals surface area contributed by atoms with Crippen LogP contribution in [0.2, 0.25) is 0 Å². The number of benzene rings is 4. The van der Waals surface area contributed by atoms with Gasteiger partial charge in [-0.3, -0.25) is 0 Å². The first-order valence-electron chi connectivity index (χ1n) is 26.3. The standard InChI is InChI=1S/C64H82N8/c1-57(2,3)33-25-37-45(41(29-33)61(13,14)15)53-66-49(37)65-50-38-26-34(58(4,5)6)31-43(63(19,20)21)47(38)55(67-50)72-56-48-40(28-36(60(10,11)12)32-44(48)64(22,23)24)52(71-56)70-54-46-39(51(68-53)69-54)27-35(59(7,8)9)30-42(46)62(16,17)18/h25-32H,1-24H3,(H2,65,66,67,68,69,70,71,72). The van der Waals surface area contributed by atoms with E-state index in [4.69, 9.17) is 29.9 Å². The Labute approximate surface area is 430 Å². The minimum atomic E-state index is -0.250. The summed E-state index contributed by atoms with van der Waals surface area (Å²) in [5.41, 5.74) is 14.9. The summed E-state index contributed by atoms with van der Waals surface area (Å²) >= 11 is 0. The topological polar surface area (TPSA) is 109 Å². The number of aromatic amines is 2. The van der Waals surface area contributed by atoms with Gasteiger partial charge in [-0.2, -0.15) is 0 Å². The van der Waals surface area contributed by atoms with Crippen LogP contribution in [0, 0.1) is 0 Å². The van der Waals surface area contributed by atoms with E-state index in [2.05, 4.69) is 225 Å². The summed E-state index contributed by atoms with van der Waals surface area (Å²) in [6.45, 7) is 54.9. The summed E-state index contributed by atoms with van der Waals surface area (Å²) in [5.74, 6) is 2.50. The molecule has 7 aromatic rings. The van der Waals surface area contributed by atoms with Gasteiger partial charge >= 0.3 is 0 Å². The molecule has 8 bridgehead atoms. The predicted octanol–water partition coefficient (Wildman–Crippen LogP) is 17.2. The van der Waals surface area contributed by atoms with Crippen molar-refractivity contribution in [1.82, 2.24) is 39.9 Å². The van der Waals surface area contributed by atoms with E-state index in [1.54, 1.807) is 0 Å². The molecule has 0 fully saturated rings.